The lowest BCUT2D eigenvalue weighted by Gasteiger charge is -2.23. The van der Waals surface area contributed by atoms with Crippen molar-refractivity contribution in [3.8, 4) is 16.9 Å². The van der Waals surface area contributed by atoms with Gasteiger partial charge in [0.15, 0.2) is 5.75 Å². The van der Waals surface area contributed by atoms with Crippen LogP contribution in [0.2, 0.25) is 5.02 Å². The highest BCUT2D eigenvalue weighted by Crippen LogP contribution is 2.43. The molecule has 0 aliphatic heterocycles. The molecule has 0 saturated carbocycles. The smallest absolute Gasteiger partial charge is 0.309 e. The highest BCUT2D eigenvalue weighted by Gasteiger charge is 2.26. The molecule has 0 saturated heterocycles. The molecule has 0 amide bonds. The monoisotopic (exact) mass is 451 g/mol. The number of carbonyl (C=O) groups excluding carboxylic acids is 1. The minimum atomic E-state index is -0.126. The van der Waals surface area contributed by atoms with E-state index in [1.807, 2.05) is 37.4 Å². The SMILES string of the molecule is CCOC(=O)C1CC=C(c2cc(-c3cccc(Cl)c3)c3cnc(NC)nc3c2OC)CC1. The van der Waals surface area contributed by atoms with Gasteiger partial charge in [0.1, 0.15) is 5.52 Å². The lowest BCUT2D eigenvalue weighted by Crippen LogP contribution is -2.19. The van der Waals surface area contributed by atoms with E-state index in [-0.39, 0.29) is 11.9 Å². The van der Waals surface area contributed by atoms with Crippen molar-refractivity contribution in [2.24, 2.45) is 5.92 Å². The zero-order valence-electron chi connectivity index (χ0n) is 18.4. The third-order valence-corrected chi connectivity index (χ3v) is 6.00. The summed E-state index contributed by atoms with van der Waals surface area (Å²) < 4.78 is 11.1. The Kier molecular flexibility index (Phi) is 6.61. The molecule has 1 unspecified atom stereocenters. The predicted molar refractivity (Wildman–Crippen MR) is 128 cm³/mol. The molecule has 1 atom stereocenters. The van der Waals surface area contributed by atoms with Crippen LogP contribution in [-0.4, -0.2) is 36.7 Å². The number of hydrogen-bond acceptors (Lipinski definition) is 6. The molecule has 1 heterocycles. The first kappa shape index (κ1) is 22.1. The number of benzene rings is 2. The quantitative estimate of drug-likeness (QED) is 0.481. The minimum Gasteiger partial charge on any atom is -0.494 e. The molecule has 2 aromatic carbocycles. The van der Waals surface area contributed by atoms with Crippen molar-refractivity contribution < 1.29 is 14.3 Å². The summed E-state index contributed by atoms with van der Waals surface area (Å²) in [4.78, 5) is 21.3. The van der Waals surface area contributed by atoms with E-state index in [0.717, 1.165) is 46.0 Å². The van der Waals surface area contributed by atoms with Crippen molar-refractivity contribution >= 4 is 40.0 Å². The number of ether oxygens (including phenoxy) is 2. The molecule has 6 nitrogen and oxygen atoms in total. The van der Waals surface area contributed by atoms with Gasteiger partial charge in [0, 0.05) is 29.2 Å². The Balaban J connectivity index is 1.88. The van der Waals surface area contributed by atoms with Gasteiger partial charge in [-0.05, 0) is 61.1 Å². The van der Waals surface area contributed by atoms with Crippen LogP contribution in [-0.2, 0) is 9.53 Å². The number of rotatable bonds is 6. The lowest BCUT2D eigenvalue weighted by molar-refractivity contribution is -0.148. The third kappa shape index (κ3) is 4.28. The summed E-state index contributed by atoms with van der Waals surface area (Å²) in [5.41, 5.74) is 4.80. The summed E-state index contributed by atoms with van der Waals surface area (Å²) in [5.74, 6) is 0.991. The average Bonchev–Trinajstić information content (AvgIpc) is 2.82. The van der Waals surface area contributed by atoms with Gasteiger partial charge in [0.2, 0.25) is 5.95 Å². The van der Waals surface area contributed by atoms with Crippen LogP contribution in [0.15, 0.2) is 42.6 Å². The Morgan fingerprint density at radius 1 is 1.28 bits per heavy atom. The second kappa shape index (κ2) is 9.57. The number of aromatic nitrogens is 2. The Labute approximate surface area is 192 Å². The van der Waals surface area contributed by atoms with Gasteiger partial charge >= 0.3 is 5.97 Å². The number of nitrogens with zero attached hydrogens (tertiary/aromatic N) is 2. The standard InChI is InChI=1S/C25H26ClN3O3/c1-4-32-24(30)16-10-8-15(9-11-16)20-13-19(17-6-5-7-18(26)12-17)21-14-28-25(27-2)29-22(21)23(20)31-3/h5-8,12-14,16H,4,9-11H2,1-3H3,(H,27,28,29). The first-order valence-corrected chi connectivity index (χ1v) is 11.1. The number of carbonyl (C=O) groups is 1. The Morgan fingerprint density at radius 3 is 2.78 bits per heavy atom. The number of esters is 1. The average molecular weight is 452 g/mol. The topological polar surface area (TPSA) is 73.3 Å². The number of fused-ring (bicyclic) bond motifs is 1. The largest absolute Gasteiger partial charge is 0.494 e. The number of halogens is 1. The molecular formula is C25H26ClN3O3. The maximum atomic E-state index is 12.2. The fourth-order valence-corrected chi connectivity index (χ4v) is 4.37. The van der Waals surface area contributed by atoms with Crippen molar-refractivity contribution in [2.45, 2.75) is 26.2 Å². The molecule has 1 aliphatic carbocycles. The van der Waals surface area contributed by atoms with Crippen LogP contribution in [0, 0.1) is 5.92 Å². The number of anilines is 1. The zero-order valence-corrected chi connectivity index (χ0v) is 19.2. The second-order valence-electron chi connectivity index (χ2n) is 7.67. The first-order chi connectivity index (χ1) is 15.5. The van der Waals surface area contributed by atoms with Crippen LogP contribution in [0.1, 0.15) is 31.7 Å². The summed E-state index contributed by atoms with van der Waals surface area (Å²) in [7, 11) is 3.44. The fourth-order valence-electron chi connectivity index (χ4n) is 4.18. The molecule has 1 N–H and O–H groups in total. The number of nitrogens with one attached hydrogen (secondary N) is 1. The Hall–Kier alpha value is -3.12. The van der Waals surface area contributed by atoms with Crippen molar-refractivity contribution in [2.75, 3.05) is 26.1 Å². The molecule has 3 aromatic rings. The summed E-state index contributed by atoms with van der Waals surface area (Å²) in [6.07, 6.45) is 6.07. The van der Waals surface area contributed by atoms with Crippen LogP contribution >= 0.6 is 11.6 Å². The van der Waals surface area contributed by atoms with Crippen LogP contribution in [0.3, 0.4) is 0 Å². The molecule has 0 bridgehead atoms. The van der Waals surface area contributed by atoms with Gasteiger partial charge in [-0.15, -0.1) is 0 Å². The highest BCUT2D eigenvalue weighted by molar-refractivity contribution is 6.31. The van der Waals surface area contributed by atoms with Crippen LogP contribution < -0.4 is 10.1 Å². The lowest BCUT2D eigenvalue weighted by atomic mass is 9.84. The molecule has 32 heavy (non-hydrogen) atoms. The summed E-state index contributed by atoms with van der Waals surface area (Å²) >= 11 is 6.29. The van der Waals surface area contributed by atoms with E-state index in [4.69, 9.17) is 26.1 Å². The summed E-state index contributed by atoms with van der Waals surface area (Å²) in [5, 5.41) is 4.55. The molecule has 1 aliphatic rings. The van der Waals surface area contributed by atoms with E-state index < -0.39 is 0 Å². The Bertz CT molecular complexity index is 1190. The highest BCUT2D eigenvalue weighted by atomic mass is 35.5. The van der Waals surface area contributed by atoms with Crippen molar-refractivity contribution in [1.29, 1.82) is 0 Å². The van der Waals surface area contributed by atoms with E-state index in [9.17, 15) is 4.79 Å². The van der Waals surface area contributed by atoms with Crippen LogP contribution in [0.5, 0.6) is 5.75 Å². The van der Waals surface area contributed by atoms with E-state index >= 15 is 0 Å². The van der Waals surface area contributed by atoms with Crippen molar-refractivity contribution in [3.63, 3.8) is 0 Å². The molecule has 0 radical (unpaired) electrons. The normalized spacial score (nSPS) is 15.9. The fraction of sp³-hybridized carbons (Fsp3) is 0.320. The molecule has 4 rings (SSSR count). The predicted octanol–water partition coefficient (Wildman–Crippen LogP) is 5.75. The van der Waals surface area contributed by atoms with Crippen LogP contribution in [0.4, 0.5) is 5.95 Å². The number of hydrogen-bond donors (Lipinski definition) is 1. The van der Waals surface area contributed by atoms with Crippen molar-refractivity contribution in [1.82, 2.24) is 9.97 Å². The van der Waals surface area contributed by atoms with Gasteiger partial charge in [-0.1, -0.05) is 29.8 Å². The Morgan fingerprint density at radius 2 is 2.12 bits per heavy atom. The molecule has 0 spiro atoms. The van der Waals surface area contributed by atoms with Gasteiger partial charge in [0.05, 0.1) is 19.6 Å². The maximum Gasteiger partial charge on any atom is 0.309 e. The van der Waals surface area contributed by atoms with E-state index in [0.29, 0.717) is 29.7 Å². The maximum absolute atomic E-state index is 12.2. The van der Waals surface area contributed by atoms with Crippen LogP contribution in [0.25, 0.3) is 27.6 Å². The van der Waals surface area contributed by atoms with E-state index in [2.05, 4.69) is 22.4 Å². The summed E-state index contributed by atoms with van der Waals surface area (Å²) in [6, 6.07) is 9.86. The summed E-state index contributed by atoms with van der Waals surface area (Å²) in [6.45, 7) is 2.24. The first-order valence-electron chi connectivity index (χ1n) is 10.7. The zero-order chi connectivity index (χ0) is 22.7. The molecule has 166 valence electrons. The molecule has 7 heteroatoms. The molecular weight excluding hydrogens is 426 g/mol. The van der Waals surface area contributed by atoms with Gasteiger partial charge in [-0.3, -0.25) is 4.79 Å². The molecule has 1 aromatic heterocycles. The minimum absolute atomic E-state index is 0.101. The van der Waals surface area contributed by atoms with Gasteiger partial charge in [-0.2, -0.15) is 0 Å². The van der Waals surface area contributed by atoms with E-state index in [1.165, 1.54) is 0 Å². The number of allylic oxidation sites excluding steroid dienone is 2. The third-order valence-electron chi connectivity index (χ3n) is 5.77. The van der Waals surface area contributed by atoms with Gasteiger partial charge in [0.25, 0.3) is 0 Å². The van der Waals surface area contributed by atoms with Gasteiger partial charge < -0.3 is 14.8 Å². The van der Waals surface area contributed by atoms with E-state index in [1.54, 1.807) is 14.2 Å². The van der Waals surface area contributed by atoms with Gasteiger partial charge in [-0.25, -0.2) is 9.97 Å². The van der Waals surface area contributed by atoms with Crippen molar-refractivity contribution in [3.05, 3.63) is 53.2 Å². The molecule has 0 fully saturated rings. The second-order valence-corrected chi connectivity index (χ2v) is 8.11. The number of methoxy groups -OCH3 is 1.